The van der Waals surface area contributed by atoms with E-state index in [0.717, 1.165) is 35.0 Å². The highest BCUT2D eigenvalue weighted by molar-refractivity contribution is 8.18. The second-order valence-electron chi connectivity index (χ2n) is 6.43. The molecule has 1 saturated heterocycles. The summed E-state index contributed by atoms with van der Waals surface area (Å²) in [6, 6.07) is 15.7. The minimum atomic E-state index is 0.0159. The van der Waals surface area contributed by atoms with E-state index in [9.17, 15) is 4.79 Å². The summed E-state index contributed by atoms with van der Waals surface area (Å²) < 4.78 is 5.28. The fourth-order valence-corrected chi connectivity index (χ4v) is 3.74. The summed E-state index contributed by atoms with van der Waals surface area (Å²) in [5, 5.41) is 0.742. The first-order valence-corrected chi connectivity index (χ1v) is 9.93. The zero-order valence-electron chi connectivity index (χ0n) is 15.9. The van der Waals surface area contributed by atoms with Crippen LogP contribution in [0.15, 0.2) is 58.4 Å². The molecule has 1 fully saturated rings. The van der Waals surface area contributed by atoms with Crippen molar-refractivity contribution < 1.29 is 9.53 Å². The summed E-state index contributed by atoms with van der Waals surface area (Å²) in [7, 11) is 1.64. The molecule has 1 aliphatic rings. The maximum Gasteiger partial charge on any atom is 0.266 e. The Kier molecular flexibility index (Phi) is 6.35. The van der Waals surface area contributed by atoms with E-state index in [-0.39, 0.29) is 5.91 Å². The maximum atomic E-state index is 12.9. The van der Waals surface area contributed by atoms with Crippen molar-refractivity contribution in [2.75, 3.05) is 13.7 Å². The van der Waals surface area contributed by atoms with E-state index in [4.69, 9.17) is 9.73 Å². The number of carbonyl (C=O) groups excluding carboxylic acids is 1. The molecule has 2 aromatic carbocycles. The first kappa shape index (κ1) is 19.2. The number of benzene rings is 2. The number of aryl methyl sites for hydroxylation is 1. The van der Waals surface area contributed by atoms with Crippen LogP contribution in [0.3, 0.4) is 0 Å². The molecule has 1 heterocycles. The zero-order valence-corrected chi connectivity index (χ0v) is 16.8. The van der Waals surface area contributed by atoms with Crippen molar-refractivity contribution in [2.24, 2.45) is 4.99 Å². The molecule has 5 heteroatoms. The van der Waals surface area contributed by atoms with Gasteiger partial charge >= 0.3 is 0 Å². The number of rotatable bonds is 6. The van der Waals surface area contributed by atoms with Crippen molar-refractivity contribution in [2.45, 2.75) is 26.7 Å². The highest BCUT2D eigenvalue weighted by atomic mass is 32.2. The van der Waals surface area contributed by atoms with Gasteiger partial charge in [-0.3, -0.25) is 9.69 Å². The number of thioether (sulfide) groups is 1. The van der Waals surface area contributed by atoms with Gasteiger partial charge in [0.15, 0.2) is 5.17 Å². The van der Waals surface area contributed by atoms with Gasteiger partial charge in [0.25, 0.3) is 5.91 Å². The molecule has 27 heavy (non-hydrogen) atoms. The molecule has 4 nitrogen and oxygen atoms in total. The lowest BCUT2D eigenvalue weighted by atomic mass is 10.2. The van der Waals surface area contributed by atoms with Gasteiger partial charge in [0, 0.05) is 6.54 Å². The minimum absolute atomic E-state index is 0.0159. The standard InChI is InChI=1S/C22H24N2O2S/c1-4-5-13-24-21(25)20(15-17-7-6-8-19(14-17)26-3)27-22(24)23-18-11-9-16(2)10-12-18/h6-12,14-15H,4-5,13H2,1-3H3/b20-15+,23-22?. The summed E-state index contributed by atoms with van der Waals surface area (Å²) in [6.45, 7) is 4.85. The minimum Gasteiger partial charge on any atom is -0.497 e. The number of unbranched alkanes of at least 4 members (excludes halogenated alkanes) is 1. The number of amidine groups is 1. The highest BCUT2D eigenvalue weighted by Crippen LogP contribution is 2.34. The Hall–Kier alpha value is -2.53. The summed E-state index contributed by atoms with van der Waals surface area (Å²) in [5.74, 6) is 0.790. The first-order chi connectivity index (χ1) is 13.1. The van der Waals surface area contributed by atoms with Crippen LogP contribution in [0.2, 0.25) is 0 Å². The SMILES string of the molecule is CCCCN1C(=O)/C(=C\c2cccc(OC)c2)SC1=Nc1ccc(C)cc1. The van der Waals surface area contributed by atoms with Crippen molar-refractivity contribution in [1.82, 2.24) is 4.90 Å². The Balaban J connectivity index is 1.92. The van der Waals surface area contributed by atoms with Crippen LogP contribution in [0.1, 0.15) is 30.9 Å². The summed E-state index contributed by atoms with van der Waals surface area (Å²) in [6.07, 6.45) is 3.89. The van der Waals surface area contributed by atoms with Crippen LogP contribution < -0.4 is 4.74 Å². The number of hydrogen-bond acceptors (Lipinski definition) is 4. The van der Waals surface area contributed by atoms with Crippen molar-refractivity contribution in [3.8, 4) is 5.75 Å². The summed E-state index contributed by atoms with van der Waals surface area (Å²) in [4.78, 5) is 20.2. The van der Waals surface area contributed by atoms with Crippen LogP contribution >= 0.6 is 11.8 Å². The second-order valence-corrected chi connectivity index (χ2v) is 7.44. The van der Waals surface area contributed by atoms with E-state index >= 15 is 0 Å². The van der Waals surface area contributed by atoms with Gasteiger partial charge in [-0.05, 0) is 61.0 Å². The molecule has 0 bridgehead atoms. The molecule has 0 N–H and O–H groups in total. The van der Waals surface area contributed by atoms with Gasteiger partial charge in [0.2, 0.25) is 0 Å². The maximum absolute atomic E-state index is 12.9. The lowest BCUT2D eigenvalue weighted by molar-refractivity contribution is -0.122. The van der Waals surface area contributed by atoms with Crippen LogP contribution in [0.4, 0.5) is 5.69 Å². The van der Waals surface area contributed by atoms with Crippen LogP contribution in [0.5, 0.6) is 5.75 Å². The molecule has 0 saturated carbocycles. The van der Waals surface area contributed by atoms with Crippen molar-refractivity contribution in [3.63, 3.8) is 0 Å². The van der Waals surface area contributed by atoms with E-state index in [0.29, 0.717) is 11.4 Å². The number of amides is 1. The van der Waals surface area contributed by atoms with E-state index in [1.165, 1.54) is 17.3 Å². The van der Waals surface area contributed by atoms with Crippen LogP contribution in [-0.2, 0) is 4.79 Å². The number of carbonyl (C=O) groups is 1. The third-order valence-electron chi connectivity index (χ3n) is 4.27. The van der Waals surface area contributed by atoms with Gasteiger partial charge in [0.05, 0.1) is 17.7 Å². The first-order valence-electron chi connectivity index (χ1n) is 9.11. The lowest BCUT2D eigenvalue weighted by Crippen LogP contribution is -2.30. The predicted octanol–water partition coefficient (Wildman–Crippen LogP) is 5.41. The largest absolute Gasteiger partial charge is 0.497 e. The molecular formula is C22H24N2O2S. The molecule has 140 valence electrons. The molecular weight excluding hydrogens is 356 g/mol. The summed E-state index contributed by atoms with van der Waals surface area (Å²) >= 11 is 1.43. The van der Waals surface area contributed by atoms with Crippen molar-refractivity contribution in [3.05, 3.63) is 64.6 Å². The average molecular weight is 381 g/mol. The third-order valence-corrected chi connectivity index (χ3v) is 5.28. The topological polar surface area (TPSA) is 41.9 Å². The summed E-state index contributed by atoms with van der Waals surface area (Å²) in [5.41, 5.74) is 2.99. The number of methoxy groups -OCH3 is 1. The van der Waals surface area contributed by atoms with Crippen LogP contribution in [0.25, 0.3) is 6.08 Å². The normalized spacial score (nSPS) is 17.1. The Morgan fingerprint density at radius 1 is 1.19 bits per heavy atom. The van der Waals surface area contributed by atoms with E-state index < -0.39 is 0 Å². The number of hydrogen-bond donors (Lipinski definition) is 0. The molecule has 0 radical (unpaired) electrons. The van der Waals surface area contributed by atoms with Gasteiger partial charge in [0.1, 0.15) is 5.75 Å². The van der Waals surface area contributed by atoms with E-state index in [1.54, 1.807) is 12.0 Å². The van der Waals surface area contributed by atoms with E-state index in [1.807, 2.05) is 61.5 Å². The van der Waals surface area contributed by atoms with Crippen LogP contribution in [-0.4, -0.2) is 29.6 Å². The van der Waals surface area contributed by atoms with Gasteiger partial charge in [-0.15, -0.1) is 0 Å². The smallest absolute Gasteiger partial charge is 0.266 e. The van der Waals surface area contributed by atoms with Crippen LogP contribution in [0, 0.1) is 6.92 Å². The fraction of sp³-hybridized carbons (Fsp3) is 0.273. The molecule has 1 aliphatic heterocycles. The fourth-order valence-electron chi connectivity index (χ4n) is 2.72. The lowest BCUT2D eigenvalue weighted by Gasteiger charge is -2.14. The highest BCUT2D eigenvalue weighted by Gasteiger charge is 2.32. The molecule has 0 spiro atoms. The van der Waals surface area contributed by atoms with Gasteiger partial charge < -0.3 is 4.74 Å². The third kappa shape index (κ3) is 4.80. The molecule has 2 aromatic rings. The quantitative estimate of drug-likeness (QED) is 0.630. The Morgan fingerprint density at radius 2 is 1.96 bits per heavy atom. The Bertz CT molecular complexity index is 872. The van der Waals surface area contributed by atoms with Crippen molar-refractivity contribution >= 4 is 34.6 Å². The number of nitrogens with zero attached hydrogens (tertiary/aromatic N) is 2. The van der Waals surface area contributed by atoms with E-state index in [2.05, 4.69) is 6.92 Å². The number of ether oxygens (including phenoxy) is 1. The second kappa shape index (κ2) is 8.91. The molecule has 1 amide bonds. The number of aliphatic imine (C=N–C) groups is 1. The molecule has 0 atom stereocenters. The van der Waals surface area contributed by atoms with Gasteiger partial charge in [-0.1, -0.05) is 43.2 Å². The molecule has 3 rings (SSSR count). The molecule has 0 aliphatic carbocycles. The Morgan fingerprint density at radius 3 is 2.67 bits per heavy atom. The van der Waals surface area contributed by atoms with Gasteiger partial charge in [-0.2, -0.15) is 0 Å². The van der Waals surface area contributed by atoms with Crippen molar-refractivity contribution in [1.29, 1.82) is 0 Å². The predicted molar refractivity (Wildman–Crippen MR) is 113 cm³/mol. The van der Waals surface area contributed by atoms with Gasteiger partial charge in [-0.25, -0.2) is 4.99 Å². The molecule has 0 unspecified atom stereocenters. The zero-order chi connectivity index (χ0) is 19.2. The average Bonchev–Trinajstić information content (AvgIpc) is 2.96. The monoisotopic (exact) mass is 380 g/mol. The molecule has 0 aromatic heterocycles. The Labute approximate surface area is 164 Å².